The predicted molar refractivity (Wildman–Crippen MR) is 125 cm³/mol. The SMILES string of the molecule is Cn1nc(NC(=O)c2ccc(N3CCNC(C)(C)C3)nc2)cc1-c1nc2ccccc2[nH]1. The third-order valence-corrected chi connectivity index (χ3v) is 5.66. The molecule has 5 rings (SSSR count). The number of anilines is 2. The summed E-state index contributed by atoms with van der Waals surface area (Å²) in [6.07, 6.45) is 1.61. The first kappa shape index (κ1) is 20.2. The molecule has 4 aromatic rings. The summed E-state index contributed by atoms with van der Waals surface area (Å²) in [7, 11) is 1.82. The molecule has 0 saturated carbocycles. The van der Waals surface area contributed by atoms with Gasteiger partial charge in [0, 0.05) is 44.5 Å². The molecule has 1 aliphatic heterocycles. The van der Waals surface area contributed by atoms with Crippen LogP contribution in [-0.4, -0.2) is 55.8 Å². The van der Waals surface area contributed by atoms with Gasteiger partial charge in [-0.15, -0.1) is 0 Å². The zero-order valence-corrected chi connectivity index (χ0v) is 18.4. The first-order valence-electron chi connectivity index (χ1n) is 10.6. The molecular formula is C23H26N8O. The van der Waals surface area contributed by atoms with E-state index in [0.717, 1.165) is 42.2 Å². The molecule has 9 nitrogen and oxygen atoms in total. The van der Waals surface area contributed by atoms with Gasteiger partial charge in [0.2, 0.25) is 0 Å². The quantitative estimate of drug-likeness (QED) is 0.460. The first-order valence-corrected chi connectivity index (χ1v) is 10.6. The Hall–Kier alpha value is -3.72. The maximum Gasteiger partial charge on any atom is 0.258 e. The van der Waals surface area contributed by atoms with E-state index in [-0.39, 0.29) is 11.4 Å². The van der Waals surface area contributed by atoms with Gasteiger partial charge < -0.3 is 20.5 Å². The van der Waals surface area contributed by atoms with Crippen molar-refractivity contribution in [2.75, 3.05) is 29.9 Å². The number of H-pyrrole nitrogens is 1. The van der Waals surface area contributed by atoms with Crippen molar-refractivity contribution in [1.82, 2.24) is 30.0 Å². The van der Waals surface area contributed by atoms with Gasteiger partial charge in [-0.3, -0.25) is 9.48 Å². The van der Waals surface area contributed by atoms with E-state index in [2.05, 4.69) is 49.4 Å². The van der Waals surface area contributed by atoms with Gasteiger partial charge in [0.05, 0.1) is 16.6 Å². The Morgan fingerprint density at radius 3 is 2.78 bits per heavy atom. The number of carbonyl (C=O) groups excluding carboxylic acids is 1. The molecule has 1 aliphatic rings. The van der Waals surface area contributed by atoms with Crippen molar-refractivity contribution in [3.05, 3.63) is 54.2 Å². The van der Waals surface area contributed by atoms with Crippen LogP contribution in [0.5, 0.6) is 0 Å². The second-order valence-corrected chi connectivity index (χ2v) is 8.73. The van der Waals surface area contributed by atoms with Gasteiger partial charge in [-0.25, -0.2) is 9.97 Å². The number of fused-ring (bicyclic) bond motifs is 1. The molecule has 0 atom stereocenters. The van der Waals surface area contributed by atoms with Gasteiger partial charge in [-0.1, -0.05) is 12.1 Å². The number of benzene rings is 1. The average Bonchev–Trinajstić information content (AvgIpc) is 3.36. The number of carbonyl (C=O) groups is 1. The largest absolute Gasteiger partial charge is 0.354 e. The van der Waals surface area contributed by atoms with Crippen molar-refractivity contribution in [2.45, 2.75) is 19.4 Å². The highest BCUT2D eigenvalue weighted by Crippen LogP contribution is 2.23. The van der Waals surface area contributed by atoms with Crippen molar-refractivity contribution >= 4 is 28.6 Å². The lowest BCUT2D eigenvalue weighted by Gasteiger charge is -2.39. The number of hydrogen-bond acceptors (Lipinski definition) is 6. The number of rotatable bonds is 4. The standard InChI is InChI=1S/C23H26N8O/c1-23(2)14-31(11-10-25-23)20-9-8-15(13-24-20)22(32)28-19-12-18(30(3)29-19)21-26-16-6-4-5-7-17(16)27-21/h4-9,12-13,25H,10-11,14H2,1-3H3,(H,26,27)(H,28,29,32). The Kier molecular flexibility index (Phi) is 4.90. The van der Waals surface area contributed by atoms with Crippen LogP contribution in [0.15, 0.2) is 48.7 Å². The van der Waals surface area contributed by atoms with Crippen molar-refractivity contribution < 1.29 is 4.79 Å². The normalized spacial score (nSPS) is 15.8. The molecule has 0 aliphatic carbocycles. The molecule has 0 radical (unpaired) electrons. The molecule has 0 unspecified atom stereocenters. The molecule has 3 N–H and O–H groups in total. The summed E-state index contributed by atoms with van der Waals surface area (Å²) in [5, 5.41) is 10.8. The van der Waals surface area contributed by atoms with Crippen LogP contribution in [0.4, 0.5) is 11.6 Å². The summed E-state index contributed by atoms with van der Waals surface area (Å²) in [6.45, 7) is 7.01. The number of hydrogen-bond donors (Lipinski definition) is 3. The number of para-hydroxylation sites is 2. The second kappa shape index (κ2) is 7.76. The van der Waals surface area contributed by atoms with E-state index in [4.69, 9.17) is 0 Å². The summed E-state index contributed by atoms with van der Waals surface area (Å²) in [5.74, 6) is 1.78. The topological polar surface area (TPSA) is 104 Å². The smallest absolute Gasteiger partial charge is 0.258 e. The molecule has 4 heterocycles. The van der Waals surface area contributed by atoms with Crippen LogP contribution in [0.25, 0.3) is 22.6 Å². The van der Waals surface area contributed by atoms with E-state index in [1.165, 1.54) is 0 Å². The molecule has 1 aromatic carbocycles. The highest BCUT2D eigenvalue weighted by atomic mass is 16.1. The molecule has 1 amide bonds. The van der Waals surface area contributed by atoms with Gasteiger partial charge in [0.15, 0.2) is 11.6 Å². The van der Waals surface area contributed by atoms with Crippen LogP contribution in [0, 0.1) is 0 Å². The Bertz CT molecular complexity index is 1240. The third-order valence-electron chi connectivity index (χ3n) is 5.66. The van der Waals surface area contributed by atoms with Crippen LogP contribution in [0.1, 0.15) is 24.2 Å². The number of nitrogens with one attached hydrogen (secondary N) is 3. The first-order chi connectivity index (χ1) is 15.4. The lowest BCUT2D eigenvalue weighted by molar-refractivity contribution is 0.102. The summed E-state index contributed by atoms with van der Waals surface area (Å²) in [6, 6.07) is 13.3. The second-order valence-electron chi connectivity index (χ2n) is 8.73. The fourth-order valence-corrected chi connectivity index (χ4v) is 4.06. The molecule has 32 heavy (non-hydrogen) atoms. The van der Waals surface area contributed by atoms with Crippen LogP contribution in [0.2, 0.25) is 0 Å². The highest BCUT2D eigenvalue weighted by molar-refractivity contribution is 6.03. The fraction of sp³-hybridized carbons (Fsp3) is 0.304. The van der Waals surface area contributed by atoms with E-state index in [1.807, 2.05) is 37.4 Å². The highest BCUT2D eigenvalue weighted by Gasteiger charge is 2.26. The average molecular weight is 431 g/mol. The molecular weight excluding hydrogens is 404 g/mol. The monoisotopic (exact) mass is 430 g/mol. The Morgan fingerprint density at radius 1 is 1.19 bits per heavy atom. The van der Waals surface area contributed by atoms with Gasteiger partial charge in [-0.2, -0.15) is 5.10 Å². The zero-order chi connectivity index (χ0) is 22.3. The maximum atomic E-state index is 12.8. The van der Waals surface area contributed by atoms with Gasteiger partial charge in [0.25, 0.3) is 5.91 Å². The van der Waals surface area contributed by atoms with Crippen LogP contribution in [0.3, 0.4) is 0 Å². The number of aromatic amines is 1. The minimum atomic E-state index is -0.251. The minimum Gasteiger partial charge on any atom is -0.354 e. The van der Waals surface area contributed by atoms with Crippen LogP contribution < -0.4 is 15.5 Å². The molecule has 0 bridgehead atoms. The van der Waals surface area contributed by atoms with Crippen molar-refractivity contribution in [2.24, 2.45) is 7.05 Å². The van der Waals surface area contributed by atoms with Gasteiger partial charge in [-0.05, 0) is 38.1 Å². The lowest BCUT2D eigenvalue weighted by atomic mass is 10.0. The fourth-order valence-electron chi connectivity index (χ4n) is 4.06. The Morgan fingerprint density at radius 2 is 2.03 bits per heavy atom. The van der Waals surface area contributed by atoms with E-state index in [1.54, 1.807) is 23.0 Å². The molecule has 0 spiro atoms. The molecule has 9 heteroatoms. The Labute approximate surface area is 185 Å². The van der Waals surface area contributed by atoms with Crippen LogP contribution in [-0.2, 0) is 7.05 Å². The number of nitrogens with zero attached hydrogens (tertiary/aromatic N) is 5. The zero-order valence-electron chi connectivity index (χ0n) is 18.4. The van der Waals surface area contributed by atoms with Gasteiger partial charge in [0.1, 0.15) is 11.5 Å². The molecule has 1 saturated heterocycles. The number of aryl methyl sites for hydroxylation is 1. The molecule has 164 valence electrons. The van der Waals surface area contributed by atoms with E-state index >= 15 is 0 Å². The predicted octanol–water partition coefficient (Wildman–Crippen LogP) is 2.80. The van der Waals surface area contributed by atoms with Crippen molar-refractivity contribution in [3.8, 4) is 11.5 Å². The number of amides is 1. The number of pyridine rings is 1. The number of imidazole rings is 1. The molecule has 3 aromatic heterocycles. The summed E-state index contributed by atoms with van der Waals surface area (Å²) in [5.41, 5.74) is 3.14. The number of piperazine rings is 1. The number of aromatic nitrogens is 5. The Balaban J connectivity index is 1.30. The van der Waals surface area contributed by atoms with Crippen LogP contribution >= 0.6 is 0 Å². The molecule has 1 fully saturated rings. The van der Waals surface area contributed by atoms with E-state index in [0.29, 0.717) is 17.2 Å². The van der Waals surface area contributed by atoms with Crippen molar-refractivity contribution in [3.63, 3.8) is 0 Å². The lowest BCUT2D eigenvalue weighted by Crippen LogP contribution is -2.57. The van der Waals surface area contributed by atoms with Gasteiger partial charge >= 0.3 is 0 Å². The maximum absolute atomic E-state index is 12.8. The van der Waals surface area contributed by atoms with Crippen molar-refractivity contribution in [1.29, 1.82) is 0 Å². The third kappa shape index (κ3) is 3.94. The summed E-state index contributed by atoms with van der Waals surface area (Å²) < 4.78 is 1.70. The van der Waals surface area contributed by atoms with E-state index < -0.39 is 0 Å². The van der Waals surface area contributed by atoms with E-state index in [9.17, 15) is 4.79 Å². The minimum absolute atomic E-state index is 0.0342. The summed E-state index contributed by atoms with van der Waals surface area (Å²) in [4.78, 5) is 27.4. The summed E-state index contributed by atoms with van der Waals surface area (Å²) >= 11 is 0.